The van der Waals surface area contributed by atoms with Crippen LogP contribution in [-0.2, 0) is 14.8 Å². The molecule has 6 heteroatoms. The van der Waals surface area contributed by atoms with Crippen molar-refractivity contribution in [2.45, 2.75) is 82.9 Å². The minimum atomic E-state index is -3.35. The summed E-state index contributed by atoms with van der Waals surface area (Å²) in [7, 11) is -3.35. The SMILES string of the molecule is CCC[CH2][Sn]([CH2]CCC)([CH2]CCC)[CH]1OC[C@@H](c2ccccc2)N1S(C)(=O)=O. The van der Waals surface area contributed by atoms with E-state index < -0.39 is 28.4 Å². The molecule has 160 valence electrons. The molecule has 2 atom stereocenters. The third kappa shape index (κ3) is 5.96. The molecular formula is C22H39NO3SSn. The Morgan fingerprint density at radius 1 is 0.964 bits per heavy atom. The molecule has 0 radical (unpaired) electrons. The zero-order valence-corrected chi connectivity index (χ0v) is 21.9. The first-order valence-electron chi connectivity index (χ1n) is 11.0. The van der Waals surface area contributed by atoms with Gasteiger partial charge < -0.3 is 0 Å². The van der Waals surface area contributed by atoms with Crippen molar-refractivity contribution in [3.63, 3.8) is 0 Å². The standard InChI is InChI=1S/C10H12NO3S.3C4H9.Sn/c1-15(12,13)11-8-14-7-10(11)9-5-3-2-4-6-9;3*1-3-4-2;/h2-6,8,10H,7H2,1H3;3*1,3-4H2,2H3;/t10-;;;;/m0..../s1. The van der Waals surface area contributed by atoms with Gasteiger partial charge in [0.2, 0.25) is 0 Å². The van der Waals surface area contributed by atoms with Crippen LogP contribution >= 0.6 is 0 Å². The first-order valence-corrected chi connectivity index (χ1v) is 20.6. The summed E-state index contributed by atoms with van der Waals surface area (Å²) < 4.78 is 37.8. The second kappa shape index (κ2) is 11.3. The molecule has 1 fully saturated rings. The second-order valence-corrected chi connectivity index (χ2v) is 23.7. The Morgan fingerprint density at radius 3 is 1.89 bits per heavy atom. The van der Waals surface area contributed by atoms with E-state index >= 15 is 0 Å². The van der Waals surface area contributed by atoms with Gasteiger partial charge in [-0.25, -0.2) is 0 Å². The van der Waals surface area contributed by atoms with Gasteiger partial charge in [0.1, 0.15) is 0 Å². The summed E-state index contributed by atoms with van der Waals surface area (Å²) in [5, 5.41) is 0. The Balaban J connectivity index is 2.46. The van der Waals surface area contributed by atoms with Gasteiger partial charge in [0, 0.05) is 0 Å². The van der Waals surface area contributed by atoms with E-state index in [2.05, 4.69) is 20.8 Å². The predicted molar refractivity (Wildman–Crippen MR) is 121 cm³/mol. The predicted octanol–water partition coefficient (Wildman–Crippen LogP) is 5.73. The quantitative estimate of drug-likeness (QED) is 0.334. The number of hydrogen-bond acceptors (Lipinski definition) is 3. The minimum absolute atomic E-state index is 0.154. The topological polar surface area (TPSA) is 46.6 Å². The number of sulfonamides is 1. The Bertz CT molecular complexity index is 659. The third-order valence-electron chi connectivity index (χ3n) is 6.13. The van der Waals surface area contributed by atoms with Crippen LogP contribution in [-0.4, -0.2) is 48.2 Å². The zero-order chi connectivity index (χ0) is 20.6. The van der Waals surface area contributed by atoms with Gasteiger partial charge in [-0.15, -0.1) is 0 Å². The summed E-state index contributed by atoms with van der Waals surface area (Å²) in [6, 6.07) is 9.86. The van der Waals surface area contributed by atoms with Crippen LogP contribution in [0.5, 0.6) is 0 Å². The number of nitrogens with zero attached hydrogens (tertiary/aromatic N) is 1. The van der Waals surface area contributed by atoms with Gasteiger partial charge in [0.05, 0.1) is 0 Å². The molecule has 0 N–H and O–H groups in total. The number of rotatable bonds is 12. The molecule has 4 nitrogen and oxygen atoms in total. The van der Waals surface area contributed by atoms with E-state index in [-0.39, 0.29) is 10.3 Å². The normalized spacial score (nSPS) is 21.3. The van der Waals surface area contributed by atoms with Crippen LogP contribution in [0.2, 0.25) is 13.3 Å². The molecule has 1 heterocycles. The van der Waals surface area contributed by atoms with Gasteiger partial charge in [-0.2, -0.15) is 0 Å². The van der Waals surface area contributed by atoms with Crippen molar-refractivity contribution in [2.24, 2.45) is 0 Å². The fourth-order valence-corrected chi connectivity index (χ4v) is 25.4. The van der Waals surface area contributed by atoms with Gasteiger partial charge >= 0.3 is 178 Å². The molecule has 2 rings (SSSR count). The van der Waals surface area contributed by atoms with Gasteiger partial charge in [0.15, 0.2) is 0 Å². The average Bonchev–Trinajstić information content (AvgIpc) is 3.15. The molecule has 0 bridgehead atoms. The molecule has 1 aromatic carbocycles. The van der Waals surface area contributed by atoms with Gasteiger partial charge in [-0.1, -0.05) is 0 Å². The molecule has 1 aromatic rings. The van der Waals surface area contributed by atoms with E-state index in [0.717, 1.165) is 5.56 Å². The number of benzene rings is 1. The molecule has 1 aliphatic rings. The Hall–Kier alpha value is -0.111. The summed E-state index contributed by atoms with van der Waals surface area (Å²) in [6.45, 7) is 7.22. The number of ether oxygens (including phenoxy) is 1. The molecule has 1 unspecified atom stereocenters. The van der Waals surface area contributed by atoms with E-state index in [0.29, 0.717) is 6.61 Å². The Labute approximate surface area is 177 Å². The molecule has 1 saturated heterocycles. The Morgan fingerprint density at radius 2 is 1.46 bits per heavy atom. The third-order valence-corrected chi connectivity index (χ3v) is 23.7. The summed E-state index contributed by atoms with van der Waals surface area (Å²) in [4.78, 5) is 0. The maximum absolute atomic E-state index is 13.0. The summed E-state index contributed by atoms with van der Waals surface area (Å²) >= 11 is -2.89. The van der Waals surface area contributed by atoms with E-state index in [1.165, 1.54) is 58.1 Å². The molecule has 0 amide bonds. The van der Waals surface area contributed by atoms with Crippen LogP contribution in [0.15, 0.2) is 30.3 Å². The van der Waals surface area contributed by atoms with Crippen molar-refractivity contribution < 1.29 is 13.2 Å². The summed E-state index contributed by atoms with van der Waals surface area (Å²) in [6.07, 6.45) is 8.51. The molecule has 0 spiro atoms. The van der Waals surface area contributed by atoms with Crippen molar-refractivity contribution in [3.05, 3.63) is 35.9 Å². The molecule has 0 aliphatic carbocycles. The average molecular weight is 516 g/mol. The maximum atomic E-state index is 13.0. The van der Waals surface area contributed by atoms with Crippen LogP contribution in [0.1, 0.15) is 70.9 Å². The van der Waals surface area contributed by atoms with Crippen molar-refractivity contribution in [1.82, 2.24) is 4.31 Å². The van der Waals surface area contributed by atoms with Gasteiger partial charge in [-0.3, -0.25) is 0 Å². The van der Waals surface area contributed by atoms with Crippen molar-refractivity contribution in [1.29, 1.82) is 0 Å². The van der Waals surface area contributed by atoms with E-state index in [9.17, 15) is 8.42 Å². The first kappa shape index (κ1) is 24.2. The zero-order valence-electron chi connectivity index (χ0n) is 18.2. The summed E-state index contributed by atoms with van der Waals surface area (Å²) in [5.41, 5.74) is 1.05. The molecule has 28 heavy (non-hydrogen) atoms. The molecular weight excluding hydrogens is 477 g/mol. The van der Waals surface area contributed by atoms with Crippen molar-refractivity contribution >= 4 is 28.4 Å². The molecule has 0 aromatic heterocycles. The van der Waals surface area contributed by atoms with Crippen LogP contribution in [0.25, 0.3) is 0 Å². The molecule has 1 aliphatic heterocycles. The van der Waals surface area contributed by atoms with E-state index in [1.54, 1.807) is 4.31 Å². The monoisotopic (exact) mass is 517 g/mol. The fraction of sp³-hybridized carbons (Fsp3) is 0.727. The number of unbranched alkanes of at least 4 members (excludes halogenated alkanes) is 3. The van der Waals surface area contributed by atoms with Crippen molar-refractivity contribution in [3.8, 4) is 0 Å². The van der Waals surface area contributed by atoms with Crippen molar-refractivity contribution in [2.75, 3.05) is 12.9 Å². The number of hydrogen-bond donors (Lipinski definition) is 0. The summed E-state index contributed by atoms with van der Waals surface area (Å²) in [5.74, 6) is 0. The fourth-order valence-electron chi connectivity index (χ4n) is 4.59. The van der Waals surface area contributed by atoms with Crippen LogP contribution in [0, 0.1) is 0 Å². The van der Waals surface area contributed by atoms with Crippen LogP contribution in [0.4, 0.5) is 0 Å². The Kier molecular flexibility index (Phi) is 9.77. The van der Waals surface area contributed by atoms with E-state index in [4.69, 9.17) is 4.74 Å². The second-order valence-electron chi connectivity index (χ2n) is 8.38. The van der Waals surface area contributed by atoms with Gasteiger partial charge in [-0.05, 0) is 0 Å². The van der Waals surface area contributed by atoms with E-state index in [1.807, 2.05) is 30.3 Å². The van der Waals surface area contributed by atoms with Crippen LogP contribution < -0.4 is 0 Å². The molecule has 0 saturated carbocycles. The van der Waals surface area contributed by atoms with Gasteiger partial charge in [0.25, 0.3) is 0 Å². The van der Waals surface area contributed by atoms with Crippen LogP contribution in [0.3, 0.4) is 0 Å². The first-order chi connectivity index (χ1) is 13.4.